The molecule has 23 heavy (non-hydrogen) atoms. The maximum Gasteiger partial charge on any atom is 0.337 e. The van der Waals surface area contributed by atoms with Gasteiger partial charge < -0.3 is 9.84 Å². The Balaban J connectivity index is 2.44. The van der Waals surface area contributed by atoms with Gasteiger partial charge in [0.1, 0.15) is 0 Å². The highest BCUT2D eigenvalue weighted by Gasteiger charge is 2.31. The van der Waals surface area contributed by atoms with Crippen LogP contribution in [0.5, 0.6) is 0 Å². The predicted octanol–water partition coefficient (Wildman–Crippen LogP) is 1.49. The molecule has 0 atom stereocenters. The zero-order valence-electron chi connectivity index (χ0n) is 13.4. The molecule has 0 amide bonds. The van der Waals surface area contributed by atoms with Crippen molar-refractivity contribution in [2.75, 3.05) is 37.2 Å². The number of hydrogen-bond acceptors (Lipinski definition) is 4. The van der Waals surface area contributed by atoms with E-state index in [-0.39, 0.29) is 24.3 Å². The van der Waals surface area contributed by atoms with Gasteiger partial charge in [-0.1, -0.05) is 11.6 Å². The van der Waals surface area contributed by atoms with E-state index in [1.165, 1.54) is 10.4 Å². The van der Waals surface area contributed by atoms with Crippen LogP contribution in [0.3, 0.4) is 0 Å². The molecule has 7 nitrogen and oxygen atoms in total. The summed E-state index contributed by atoms with van der Waals surface area (Å²) in [5.74, 6) is -1.14. The smallest absolute Gasteiger partial charge is 0.337 e. The Kier molecular flexibility index (Phi) is 5.61. The van der Waals surface area contributed by atoms with Gasteiger partial charge in [0.05, 0.1) is 17.9 Å². The average Bonchev–Trinajstić information content (AvgIpc) is 2.78. The van der Waals surface area contributed by atoms with Crippen LogP contribution in [-0.4, -0.2) is 56.6 Å². The van der Waals surface area contributed by atoms with Crippen molar-refractivity contribution in [2.45, 2.75) is 20.3 Å². The second kappa shape index (κ2) is 7.29. The standard InChI is InChI=1S/C15H22N2O5S/c1-3-17(14-6-5-12(2)11-13(14)15(18)19)23(20,21)16-7-4-9-22-10-8-16/h5-6,11H,3-4,7-10H2,1-2H3,(H,18,19). The summed E-state index contributed by atoms with van der Waals surface area (Å²) in [7, 11) is -3.80. The number of carboxylic acids is 1. The van der Waals surface area contributed by atoms with E-state index in [4.69, 9.17) is 4.74 Å². The van der Waals surface area contributed by atoms with Crippen LogP contribution in [0.1, 0.15) is 29.3 Å². The zero-order valence-corrected chi connectivity index (χ0v) is 14.2. The molecule has 1 heterocycles. The molecule has 0 bridgehead atoms. The summed E-state index contributed by atoms with van der Waals surface area (Å²) in [5.41, 5.74) is 0.944. The lowest BCUT2D eigenvalue weighted by Crippen LogP contribution is -2.45. The van der Waals surface area contributed by atoms with Crippen molar-refractivity contribution in [2.24, 2.45) is 0 Å². The average molecular weight is 342 g/mol. The van der Waals surface area contributed by atoms with E-state index in [0.29, 0.717) is 26.2 Å². The number of benzene rings is 1. The number of aryl methyl sites for hydroxylation is 1. The molecule has 1 aromatic carbocycles. The van der Waals surface area contributed by atoms with E-state index < -0.39 is 16.2 Å². The molecule has 2 rings (SSSR count). The largest absolute Gasteiger partial charge is 0.478 e. The van der Waals surface area contributed by atoms with E-state index in [0.717, 1.165) is 9.87 Å². The Labute approximate surface area is 136 Å². The summed E-state index contributed by atoms with van der Waals surface area (Å²) in [6, 6.07) is 4.75. The van der Waals surface area contributed by atoms with E-state index in [9.17, 15) is 18.3 Å². The summed E-state index contributed by atoms with van der Waals surface area (Å²) in [5, 5.41) is 9.40. The molecule has 1 aromatic rings. The lowest BCUT2D eigenvalue weighted by molar-refractivity contribution is 0.0697. The molecule has 1 aliphatic heterocycles. The van der Waals surface area contributed by atoms with E-state index in [1.807, 2.05) is 0 Å². The Morgan fingerprint density at radius 1 is 1.35 bits per heavy atom. The van der Waals surface area contributed by atoms with Crippen LogP contribution in [0, 0.1) is 6.92 Å². The van der Waals surface area contributed by atoms with E-state index in [2.05, 4.69) is 0 Å². The number of nitrogens with zero attached hydrogens (tertiary/aromatic N) is 2. The van der Waals surface area contributed by atoms with Crippen LogP contribution in [0.15, 0.2) is 18.2 Å². The molecule has 1 fully saturated rings. The maximum atomic E-state index is 12.9. The van der Waals surface area contributed by atoms with E-state index in [1.54, 1.807) is 26.0 Å². The van der Waals surface area contributed by atoms with Gasteiger partial charge in [-0.3, -0.25) is 4.31 Å². The number of ether oxygens (including phenoxy) is 1. The number of carbonyl (C=O) groups is 1. The minimum absolute atomic E-state index is 0.0125. The van der Waals surface area contributed by atoms with Gasteiger partial charge in [-0.15, -0.1) is 0 Å². The fraction of sp³-hybridized carbons (Fsp3) is 0.533. The molecule has 0 aromatic heterocycles. The monoisotopic (exact) mass is 342 g/mol. The molecular weight excluding hydrogens is 320 g/mol. The molecule has 1 saturated heterocycles. The third-order valence-corrected chi connectivity index (χ3v) is 5.75. The molecule has 0 radical (unpaired) electrons. The first kappa shape index (κ1) is 17.7. The third-order valence-electron chi connectivity index (χ3n) is 3.72. The van der Waals surface area contributed by atoms with Gasteiger partial charge in [0.25, 0.3) is 0 Å². The Morgan fingerprint density at radius 3 is 2.74 bits per heavy atom. The lowest BCUT2D eigenvalue weighted by Gasteiger charge is -2.30. The Bertz CT molecular complexity index is 666. The highest BCUT2D eigenvalue weighted by molar-refractivity contribution is 7.90. The van der Waals surface area contributed by atoms with Gasteiger partial charge in [-0.2, -0.15) is 12.7 Å². The number of hydrogen-bond donors (Lipinski definition) is 1. The van der Waals surface area contributed by atoms with Gasteiger partial charge in [0.15, 0.2) is 0 Å². The minimum atomic E-state index is -3.80. The fourth-order valence-corrected chi connectivity index (χ4v) is 4.27. The van der Waals surface area contributed by atoms with Crippen LogP contribution in [-0.2, 0) is 14.9 Å². The minimum Gasteiger partial charge on any atom is -0.478 e. The van der Waals surface area contributed by atoms with Crippen LogP contribution in [0.2, 0.25) is 0 Å². The summed E-state index contributed by atoms with van der Waals surface area (Å²) < 4.78 is 33.7. The molecule has 0 spiro atoms. The lowest BCUT2D eigenvalue weighted by atomic mass is 10.1. The number of rotatable bonds is 5. The van der Waals surface area contributed by atoms with Crippen LogP contribution < -0.4 is 4.31 Å². The quantitative estimate of drug-likeness (QED) is 0.876. The first-order valence-corrected chi connectivity index (χ1v) is 8.97. The second-order valence-electron chi connectivity index (χ2n) is 5.36. The molecule has 0 saturated carbocycles. The molecular formula is C15H22N2O5S. The van der Waals surface area contributed by atoms with Crippen molar-refractivity contribution >= 4 is 21.9 Å². The number of aromatic carboxylic acids is 1. The van der Waals surface area contributed by atoms with Crippen molar-refractivity contribution in [1.82, 2.24) is 4.31 Å². The van der Waals surface area contributed by atoms with Crippen molar-refractivity contribution < 1.29 is 23.1 Å². The molecule has 128 valence electrons. The third kappa shape index (κ3) is 3.82. The topological polar surface area (TPSA) is 87.2 Å². The van der Waals surface area contributed by atoms with Gasteiger partial charge >= 0.3 is 16.2 Å². The van der Waals surface area contributed by atoms with Crippen LogP contribution in [0.4, 0.5) is 5.69 Å². The SMILES string of the molecule is CCN(c1ccc(C)cc1C(=O)O)S(=O)(=O)N1CCCOCC1. The van der Waals surface area contributed by atoms with Gasteiger partial charge in [-0.25, -0.2) is 4.79 Å². The fourth-order valence-electron chi connectivity index (χ4n) is 2.59. The first-order valence-electron chi connectivity index (χ1n) is 7.57. The highest BCUT2D eigenvalue weighted by Crippen LogP contribution is 2.26. The number of carboxylic acid groups (broad SMARTS) is 1. The normalized spacial score (nSPS) is 16.8. The summed E-state index contributed by atoms with van der Waals surface area (Å²) in [6.07, 6.45) is 0.621. The molecule has 1 aliphatic rings. The van der Waals surface area contributed by atoms with Crippen molar-refractivity contribution in [3.63, 3.8) is 0 Å². The van der Waals surface area contributed by atoms with E-state index >= 15 is 0 Å². The predicted molar refractivity (Wildman–Crippen MR) is 87.1 cm³/mol. The van der Waals surface area contributed by atoms with Gasteiger partial charge in [0, 0.05) is 26.2 Å². The van der Waals surface area contributed by atoms with Crippen LogP contribution in [0.25, 0.3) is 0 Å². The Morgan fingerprint density at radius 2 is 2.09 bits per heavy atom. The summed E-state index contributed by atoms with van der Waals surface area (Å²) >= 11 is 0. The van der Waals surface area contributed by atoms with Gasteiger partial charge in [0.2, 0.25) is 0 Å². The number of anilines is 1. The van der Waals surface area contributed by atoms with Crippen molar-refractivity contribution in [1.29, 1.82) is 0 Å². The summed E-state index contributed by atoms with van der Waals surface area (Å²) in [4.78, 5) is 11.5. The second-order valence-corrected chi connectivity index (χ2v) is 7.22. The Hall–Kier alpha value is -1.64. The zero-order chi connectivity index (χ0) is 17.0. The molecule has 0 aliphatic carbocycles. The molecule has 0 unspecified atom stereocenters. The maximum absolute atomic E-state index is 12.9. The molecule has 1 N–H and O–H groups in total. The van der Waals surface area contributed by atoms with Gasteiger partial charge in [-0.05, 0) is 32.4 Å². The highest BCUT2D eigenvalue weighted by atomic mass is 32.2. The van der Waals surface area contributed by atoms with Crippen molar-refractivity contribution in [3.8, 4) is 0 Å². The first-order chi connectivity index (χ1) is 10.9. The molecule has 8 heteroatoms. The summed E-state index contributed by atoms with van der Waals surface area (Å²) in [6.45, 7) is 5.13. The van der Waals surface area contributed by atoms with Crippen LogP contribution >= 0.6 is 0 Å². The van der Waals surface area contributed by atoms with Crippen molar-refractivity contribution in [3.05, 3.63) is 29.3 Å².